The molecule has 9 nitrogen and oxygen atoms in total. The summed E-state index contributed by atoms with van der Waals surface area (Å²) in [5.74, 6) is -0.146. The van der Waals surface area contributed by atoms with Crippen molar-refractivity contribution in [2.24, 2.45) is 0 Å². The second-order valence-corrected chi connectivity index (χ2v) is 8.50. The van der Waals surface area contributed by atoms with Crippen LogP contribution in [-0.2, 0) is 14.3 Å². The highest BCUT2D eigenvalue weighted by atomic mass is 16.6. The Hall–Kier alpha value is -2.84. The van der Waals surface area contributed by atoms with E-state index in [1.807, 2.05) is 25.7 Å². The van der Waals surface area contributed by atoms with Crippen LogP contribution in [0.25, 0.3) is 0 Å². The monoisotopic (exact) mass is 419 g/mol. The maximum atomic E-state index is 12.8. The number of amides is 2. The summed E-state index contributed by atoms with van der Waals surface area (Å²) in [7, 11) is 1.29. The number of ether oxygens (including phenoxy) is 3. The Labute approximate surface area is 176 Å². The Morgan fingerprint density at radius 3 is 2.37 bits per heavy atom. The molecule has 30 heavy (non-hydrogen) atoms. The number of rotatable bonds is 4. The molecule has 2 aliphatic heterocycles. The summed E-state index contributed by atoms with van der Waals surface area (Å²) in [6, 6.07) is 3.20. The van der Waals surface area contributed by atoms with Crippen LogP contribution >= 0.6 is 0 Å². The Kier molecular flexibility index (Phi) is 6.48. The van der Waals surface area contributed by atoms with Gasteiger partial charge in [0.15, 0.2) is 6.10 Å². The number of nitrogens with zero attached hydrogens (tertiary/aromatic N) is 3. The molecule has 2 aliphatic rings. The minimum absolute atomic E-state index is 0.0530. The molecule has 9 heteroatoms. The number of carbonyl (C=O) groups excluding carboxylic acids is 3. The molecule has 2 fully saturated rings. The summed E-state index contributed by atoms with van der Waals surface area (Å²) < 4.78 is 15.8. The zero-order chi connectivity index (χ0) is 21.9. The largest absolute Gasteiger partial charge is 0.479 e. The van der Waals surface area contributed by atoms with Gasteiger partial charge in [0.2, 0.25) is 0 Å². The zero-order valence-electron chi connectivity index (χ0n) is 17.9. The van der Waals surface area contributed by atoms with Crippen LogP contribution in [0.2, 0.25) is 0 Å². The Morgan fingerprint density at radius 1 is 1.10 bits per heavy atom. The van der Waals surface area contributed by atoms with Crippen LogP contribution in [0.3, 0.4) is 0 Å². The molecule has 2 saturated heterocycles. The Balaban J connectivity index is 1.51. The van der Waals surface area contributed by atoms with E-state index < -0.39 is 17.7 Å². The molecular weight excluding hydrogens is 390 g/mol. The molecule has 0 saturated carbocycles. The van der Waals surface area contributed by atoms with Gasteiger partial charge in [0.05, 0.1) is 13.3 Å². The van der Waals surface area contributed by atoms with E-state index in [0.29, 0.717) is 44.6 Å². The van der Waals surface area contributed by atoms with E-state index in [0.717, 1.165) is 0 Å². The Morgan fingerprint density at radius 2 is 1.80 bits per heavy atom. The lowest BCUT2D eigenvalue weighted by Gasteiger charge is -2.37. The smallest absolute Gasteiger partial charge is 0.410 e. The predicted molar refractivity (Wildman–Crippen MR) is 107 cm³/mol. The molecule has 0 spiro atoms. The molecule has 3 rings (SSSR count). The number of methoxy groups -OCH3 is 1. The van der Waals surface area contributed by atoms with Crippen LogP contribution in [0.15, 0.2) is 18.3 Å². The number of hydrogen-bond donors (Lipinski definition) is 0. The molecule has 1 atom stereocenters. The molecule has 2 amide bonds. The van der Waals surface area contributed by atoms with Crippen molar-refractivity contribution in [2.45, 2.75) is 57.8 Å². The summed E-state index contributed by atoms with van der Waals surface area (Å²) in [4.78, 5) is 44.1. The highest BCUT2D eigenvalue weighted by molar-refractivity contribution is 5.87. The van der Waals surface area contributed by atoms with Crippen LogP contribution in [0.4, 0.5) is 4.79 Å². The van der Waals surface area contributed by atoms with Crippen molar-refractivity contribution in [3.05, 3.63) is 24.0 Å². The fourth-order valence-electron chi connectivity index (χ4n) is 3.67. The highest BCUT2D eigenvalue weighted by Crippen LogP contribution is 2.26. The lowest BCUT2D eigenvalue weighted by Crippen LogP contribution is -2.49. The summed E-state index contributed by atoms with van der Waals surface area (Å²) >= 11 is 0. The average molecular weight is 419 g/mol. The number of piperidine rings is 1. The first-order chi connectivity index (χ1) is 14.2. The second kappa shape index (κ2) is 8.89. The molecule has 0 aromatic carbocycles. The lowest BCUT2D eigenvalue weighted by atomic mass is 10.0. The van der Waals surface area contributed by atoms with Gasteiger partial charge in [-0.1, -0.05) is 0 Å². The lowest BCUT2D eigenvalue weighted by molar-refractivity contribution is -0.136. The highest BCUT2D eigenvalue weighted by Gasteiger charge is 2.39. The van der Waals surface area contributed by atoms with Crippen molar-refractivity contribution in [2.75, 3.05) is 26.7 Å². The maximum absolute atomic E-state index is 12.8. The van der Waals surface area contributed by atoms with Crippen molar-refractivity contribution < 1.29 is 28.6 Å². The number of carbonyl (C=O) groups is 3. The van der Waals surface area contributed by atoms with Gasteiger partial charge >= 0.3 is 12.1 Å². The number of pyridine rings is 1. The third-order valence-corrected chi connectivity index (χ3v) is 5.16. The molecule has 0 aliphatic carbocycles. The van der Waals surface area contributed by atoms with E-state index in [-0.39, 0.29) is 23.7 Å². The van der Waals surface area contributed by atoms with Crippen LogP contribution < -0.4 is 4.74 Å². The third-order valence-electron chi connectivity index (χ3n) is 5.16. The van der Waals surface area contributed by atoms with E-state index >= 15 is 0 Å². The number of esters is 1. The van der Waals surface area contributed by atoms with Gasteiger partial charge in [-0.15, -0.1) is 0 Å². The quantitative estimate of drug-likeness (QED) is 0.690. The van der Waals surface area contributed by atoms with E-state index in [1.165, 1.54) is 19.4 Å². The van der Waals surface area contributed by atoms with E-state index in [2.05, 4.69) is 9.72 Å². The summed E-state index contributed by atoms with van der Waals surface area (Å²) in [6.45, 7) is 7.29. The first-order valence-electron chi connectivity index (χ1n) is 10.2. The van der Waals surface area contributed by atoms with E-state index in [9.17, 15) is 14.4 Å². The van der Waals surface area contributed by atoms with Crippen molar-refractivity contribution in [3.63, 3.8) is 0 Å². The molecular formula is C21H29N3O6. The van der Waals surface area contributed by atoms with Crippen molar-refractivity contribution in [3.8, 4) is 5.75 Å². The van der Waals surface area contributed by atoms with Crippen LogP contribution in [-0.4, -0.2) is 77.2 Å². The first-order valence-corrected chi connectivity index (χ1v) is 10.2. The fraction of sp³-hybridized carbons (Fsp3) is 0.619. The van der Waals surface area contributed by atoms with Gasteiger partial charge in [0.1, 0.15) is 17.0 Å². The first kappa shape index (κ1) is 21.9. The SMILES string of the molecule is COC(=O)c1ccc(OC2CCN(C3CCN(C(=O)OC(C)(C)C)CC3)C2=O)cn1. The van der Waals surface area contributed by atoms with Gasteiger partial charge in [0.25, 0.3) is 5.91 Å². The van der Waals surface area contributed by atoms with Crippen molar-refractivity contribution >= 4 is 18.0 Å². The minimum Gasteiger partial charge on any atom is -0.479 e. The predicted octanol–water partition coefficient (Wildman–Crippen LogP) is 2.25. The molecule has 1 unspecified atom stereocenters. The van der Waals surface area contributed by atoms with Gasteiger partial charge in [-0.05, 0) is 45.7 Å². The van der Waals surface area contributed by atoms with Gasteiger partial charge in [-0.25, -0.2) is 14.6 Å². The summed E-state index contributed by atoms with van der Waals surface area (Å²) in [5, 5.41) is 0. The van der Waals surface area contributed by atoms with Crippen molar-refractivity contribution in [1.82, 2.24) is 14.8 Å². The number of hydrogen-bond acceptors (Lipinski definition) is 7. The van der Waals surface area contributed by atoms with Crippen LogP contribution in [0.5, 0.6) is 5.75 Å². The van der Waals surface area contributed by atoms with E-state index in [1.54, 1.807) is 11.0 Å². The van der Waals surface area contributed by atoms with E-state index in [4.69, 9.17) is 9.47 Å². The van der Waals surface area contributed by atoms with Gasteiger partial charge in [-0.3, -0.25) is 4.79 Å². The molecule has 0 N–H and O–H groups in total. The normalized spacial score (nSPS) is 20.3. The zero-order valence-corrected chi connectivity index (χ0v) is 17.9. The van der Waals surface area contributed by atoms with Crippen LogP contribution in [0.1, 0.15) is 50.5 Å². The molecule has 0 bridgehead atoms. The van der Waals surface area contributed by atoms with Gasteiger partial charge in [-0.2, -0.15) is 0 Å². The summed E-state index contributed by atoms with van der Waals surface area (Å²) in [6.07, 6.45) is 2.56. The molecule has 0 radical (unpaired) electrons. The minimum atomic E-state index is -0.570. The molecule has 3 heterocycles. The van der Waals surface area contributed by atoms with Gasteiger partial charge < -0.3 is 24.0 Å². The molecule has 1 aromatic rings. The summed E-state index contributed by atoms with van der Waals surface area (Å²) in [5.41, 5.74) is -0.339. The average Bonchev–Trinajstić information content (AvgIpc) is 3.07. The van der Waals surface area contributed by atoms with Crippen molar-refractivity contribution in [1.29, 1.82) is 0 Å². The fourth-order valence-corrected chi connectivity index (χ4v) is 3.67. The number of aromatic nitrogens is 1. The molecule has 164 valence electrons. The Bertz CT molecular complexity index is 781. The third kappa shape index (κ3) is 5.20. The molecule has 1 aromatic heterocycles. The standard InChI is InChI=1S/C21H29N3O6/c1-21(2,3)30-20(27)23-10-7-14(8-11-23)24-12-9-17(18(24)25)29-15-5-6-16(22-13-15)19(26)28-4/h5-6,13-14,17H,7-12H2,1-4H3. The van der Waals surface area contributed by atoms with Crippen LogP contribution in [0, 0.1) is 0 Å². The second-order valence-electron chi connectivity index (χ2n) is 8.50. The maximum Gasteiger partial charge on any atom is 0.410 e. The topological polar surface area (TPSA) is 98.3 Å². The number of likely N-dealkylation sites (tertiary alicyclic amines) is 2. The van der Waals surface area contributed by atoms with Gasteiger partial charge in [0, 0.05) is 32.1 Å².